The van der Waals surface area contributed by atoms with Gasteiger partial charge in [-0.05, 0) is 0 Å². The third kappa shape index (κ3) is 7.01. The molecule has 0 amide bonds. The number of rotatable bonds is 4. The predicted molar refractivity (Wildman–Crippen MR) is 217 cm³/mol. The zero-order valence-corrected chi connectivity index (χ0v) is 36.7. The molecule has 3 heterocycles. The molecule has 1 N–H and O–H groups in total. The molecule has 0 aliphatic rings. The monoisotopic (exact) mass is 951 g/mol. The number of phenols is 1. The number of hydrogen-bond donors (Lipinski definition) is 1. The van der Waals surface area contributed by atoms with Gasteiger partial charge in [-0.2, -0.15) is 0 Å². The Hall–Kier alpha value is -3.40. The van der Waals surface area contributed by atoms with Crippen molar-refractivity contribution in [3.63, 3.8) is 0 Å². The Bertz CT molecular complexity index is 2450. The van der Waals surface area contributed by atoms with Crippen LogP contribution in [0.25, 0.3) is 63.6 Å². The first-order chi connectivity index (χ1) is 23.9. The van der Waals surface area contributed by atoms with Crippen molar-refractivity contribution in [1.29, 1.82) is 0 Å². The van der Waals surface area contributed by atoms with Gasteiger partial charge in [-0.25, -0.2) is 0 Å². The van der Waals surface area contributed by atoms with Gasteiger partial charge in [0.25, 0.3) is 0 Å². The van der Waals surface area contributed by atoms with Gasteiger partial charge in [0.15, 0.2) is 0 Å². The number of benzene rings is 4. The summed E-state index contributed by atoms with van der Waals surface area (Å²) in [5, 5.41) is 14.1. The van der Waals surface area contributed by atoms with E-state index in [9.17, 15) is 5.11 Å². The molecule has 0 radical (unpaired) electrons. The number of aromatic hydroxyl groups is 1. The number of fused-ring (bicyclic) bond motifs is 2. The molecule has 7 heteroatoms. The van der Waals surface area contributed by atoms with Crippen LogP contribution in [0.5, 0.6) is 5.75 Å². The van der Waals surface area contributed by atoms with Gasteiger partial charge in [0.1, 0.15) is 0 Å². The first kappa shape index (κ1) is 38.3. The summed E-state index contributed by atoms with van der Waals surface area (Å²) in [7, 11) is 0. The first-order valence-corrected chi connectivity index (χ1v) is 20.2. The van der Waals surface area contributed by atoms with Crippen molar-refractivity contribution in [3.05, 3.63) is 106 Å². The van der Waals surface area contributed by atoms with Crippen LogP contribution < -0.4 is 0 Å². The maximum atomic E-state index is 12.0. The Morgan fingerprint density at radius 2 is 1.35 bits per heavy atom. The SMILES string of the molecule is Cc1cccc(C)c1-c1ccc(-c2[c-]c(-c3ncnc4ccsc34)cc(C(C)(C)C)c2)c2nc(-c3cc(C(C)(C)C)cc(C(C)(C)C)c3O)[se]c12.[Pt]. The topological polar surface area (TPSA) is 58.9 Å². The van der Waals surface area contributed by atoms with E-state index >= 15 is 0 Å². The van der Waals surface area contributed by atoms with E-state index in [2.05, 4.69) is 147 Å². The minimum Gasteiger partial charge on any atom is 0 e. The zero-order valence-electron chi connectivity index (χ0n) is 31.8. The van der Waals surface area contributed by atoms with E-state index in [1.807, 2.05) is 6.07 Å². The first-order valence-electron chi connectivity index (χ1n) is 17.6. The quantitative estimate of drug-likeness (QED) is 0.141. The fraction of sp³-hybridized carbons (Fsp3) is 0.311. The number of aryl methyl sites for hydroxylation is 2. The van der Waals surface area contributed by atoms with E-state index in [1.165, 1.54) is 37.6 Å². The van der Waals surface area contributed by atoms with Crippen LogP contribution in [0.2, 0.25) is 0 Å². The fourth-order valence-corrected chi connectivity index (χ4v) is 10.0. The summed E-state index contributed by atoms with van der Waals surface area (Å²) in [6, 6.07) is 25.8. The van der Waals surface area contributed by atoms with E-state index in [-0.39, 0.29) is 51.8 Å². The minimum atomic E-state index is -0.235. The number of nitrogens with zero attached hydrogens (tertiary/aromatic N) is 3. The van der Waals surface area contributed by atoms with Crippen LogP contribution in [-0.4, -0.2) is 34.6 Å². The van der Waals surface area contributed by atoms with Crippen molar-refractivity contribution in [1.82, 2.24) is 15.0 Å². The molecule has 52 heavy (non-hydrogen) atoms. The second-order valence-corrected chi connectivity index (χ2v) is 19.9. The summed E-state index contributed by atoms with van der Waals surface area (Å²) in [5.74, 6) is 0.339. The molecule has 3 aromatic heterocycles. The van der Waals surface area contributed by atoms with E-state index in [1.54, 1.807) is 17.7 Å². The Morgan fingerprint density at radius 3 is 2.00 bits per heavy atom. The second-order valence-electron chi connectivity index (χ2n) is 16.8. The Morgan fingerprint density at radius 1 is 0.712 bits per heavy atom. The molecule has 4 nitrogen and oxygen atoms in total. The molecular formula is C45H46N3OPtSSe-. The molecule has 0 saturated heterocycles. The molecule has 0 fully saturated rings. The van der Waals surface area contributed by atoms with Gasteiger partial charge < -0.3 is 0 Å². The van der Waals surface area contributed by atoms with E-state index in [0.29, 0.717) is 5.75 Å². The fourth-order valence-electron chi connectivity index (χ4n) is 6.83. The molecule has 0 spiro atoms. The van der Waals surface area contributed by atoms with Crippen LogP contribution in [0.1, 0.15) is 90.1 Å². The molecule has 270 valence electrons. The summed E-state index contributed by atoms with van der Waals surface area (Å²) < 4.78 is 3.26. The van der Waals surface area contributed by atoms with Gasteiger partial charge in [-0.15, -0.1) is 0 Å². The van der Waals surface area contributed by atoms with Crippen LogP contribution in [0.15, 0.2) is 72.4 Å². The van der Waals surface area contributed by atoms with Gasteiger partial charge in [-0.3, -0.25) is 0 Å². The number of thiophene rings is 1. The van der Waals surface area contributed by atoms with Gasteiger partial charge in [0, 0.05) is 21.1 Å². The largest absolute Gasteiger partial charge is 0 e. The summed E-state index contributed by atoms with van der Waals surface area (Å²) in [5.41, 5.74) is 14.6. The Labute approximate surface area is 332 Å². The second kappa shape index (κ2) is 13.8. The molecule has 4 aromatic carbocycles. The van der Waals surface area contributed by atoms with Crippen molar-refractivity contribution in [2.75, 3.05) is 0 Å². The normalized spacial score (nSPS) is 12.4. The molecule has 0 unspecified atom stereocenters. The van der Waals surface area contributed by atoms with Crippen LogP contribution in [0.4, 0.5) is 0 Å². The third-order valence-electron chi connectivity index (χ3n) is 9.83. The summed E-state index contributed by atoms with van der Waals surface area (Å²) in [4.78, 5) is 14.8. The van der Waals surface area contributed by atoms with Crippen molar-refractivity contribution < 1.29 is 26.2 Å². The molecule has 7 aromatic rings. The maximum Gasteiger partial charge on any atom is 0 e. The summed E-state index contributed by atoms with van der Waals surface area (Å²) >= 11 is 1.49. The van der Waals surface area contributed by atoms with E-state index < -0.39 is 0 Å². The van der Waals surface area contributed by atoms with Crippen LogP contribution in [0.3, 0.4) is 0 Å². The molecule has 0 atom stereocenters. The van der Waals surface area contributed by atoms with Crippen LogP contribution >= 0.6 is 11.3 Å². The number of phenolic OH excluding ortho intramolecular Hbond substituents is 1. The molecule has 0 aliphatic heterocycles. The average molecular weight is 951 g/mol. The molecule has 0 saturated carbocycles. The summed E-state index contributed by atoms with van der Waals surface area (Å²) in [6.07, 6.45) is 1.65. The molecular weight excluding hydrogens is 905 g/mol. The van der Waals surface area contributed by atoms with Crippen molar-refractivity contribution in [3.8, 4) is 49.4 Å². The van der Waals surface area contributed by atoms with Gasteiger partial charge in [0.2, 0.25) is 0 Å². The predicted octanol–water partition coefficient (Wildman–Crippen LogP) is 12.0. The zero-order chi connectivity index (χ0) is 36.6. The Balaban J connectivity index is 0.00000464. The van der Waals surface area contributed by atoms with Crippen molar-refractivity contribution >= 4 is 45.8 Å². The summed E-state index contributed by atoms with van der Waals surface area (Å²) in [6.45, 7) is 24.4. The van der Waals surface area contributed by atoms with Crippen molar-refractivity contribution in [2.45, 2.75) is 92.4 Å². The Kier molecular flexibility index (Phi) is 10.2. The van der Waals surface area contributed by atoms with Crippen LogP contribution in [0, 0.1) is 19.9 Å². The standard InChI is InChI=1S/C45H46N3OSSe.Pt/c1-25-13-12-14-26(2)36(25)32-16-15-31(27-19-28(21-29(20-27)43(3,4)5)37-40-35(17-18-50-40)46-24-47-37)38-41(32)51-42(48-38)33-22-30(44(6,7)8)23-34(39(33)49)45(9,10)11;/h12-18,20-24,49H,1-11H3;/q-1;. The van der Waals surface area contributed by atoms with Gasteiger partial charge in [-0.1, -0.05) is 0 Å². The minimum absolute atomic E-state index is 0. The smallest absolute Gasteiger partial charge is 0 e. The number of aromatic nitrogens is 3. The average Bonchev–Trinajstić information content (AvgIpc) is 3.71. The third-order valence-corrected chi connectivity index (χ3v) is 13.1. The van der Waals surface area contributed by atoms with E-state index in [0.717, 1.165) is 53.8 Å². The van der Waals surface area contributed by atoms with Gasteiger partial charge >= 0.3 is 314 Å². The molecule has 0 bridgehead atoms. The number of hydrogen-bond acceptors (Lipinski definition) is 5. The molecule has 0 aliphatic carbocycles. The van der Waals surface area contributed by atoms with Crippen molar-refractivity contribution in [2.24, 2.45) is 0 Å². The van der Waals surface area contributed by atoms with E-state index in [4.69, 9.17) is 9.97 Å². The van der Waals surface area contributed by atoms with Crippen LogP contribution in [-0.2, 0) is 37.3 Å². The van der Waals surface area contributed by atoms with Gasteiger partial charge in [0.05, 0.1) is 0 Å². The molecule has 7 rings (SSSR count). The maximum absolute atomic E-state index is 12.0.